The quantitative estimate of drug-likeness (QED) is 0.901. The summed E-state index contributed by atoms with van der Waals surface area (Å²) in [6.45, 7) is 2.56. The smallest absolute Gasteiger partial charge is 0.321 e. The van der Waals surface area contributed by atoms with E-state index in [4.69, 9.17) is 4.74 Å². The largest absolute Gasteiger partial charge is 0.490 e. The van der Waals surface area contributed by atoms with E-state index in [1.807, 2.05) is 29.2 Å². The molecule has 2 aromatic rings. The van der Waals surface area contributed by atoms with Crippen molar-refractivity contribution in [2.24, 2.45) is 0 Å². The summed E-state index contributed by atoms with van der Waals surface area (Å²) in [4.78, 5) is 32.2. The second-order valence-electron chi connectivity index (χ2n) is 6.73. The van der Waals surface area contributed by atoms with Crippen LogP contribution >= 0.6 is 0 Å². The molecule has 1 aromatic heterocycles. The van der Waals surface area contributed by atoms with Crippen molar-refractivity contribution in [3.63, 3.8) is 0 Å². The molecule has 0 bridgehead atoms. The molecular weight excluding hydrogens is 344 g/mol. The summed E-state index contributed by atoms with van der Waals surface area (Å²) in [5.41, 5.74) is 1.37. The monoisotopic (exact) mass is 366 g/mol. The Balaban J connectivity index is 1.37. The van der Waals surface area contributed by atoms with Gasteiger partial charge in [-0.25, -0.2) is 4.79 Å². The highest BCUT2D eigenvalue weighted by Crippen LogP contribution is 2.22. The molecule has 2 aliphatic heterocycles. The molecule has 0 saturated carbocycles. The van der Waals surface area contributed by atoms with Crippen molar-refractivity contribution >= 4 is 17.6 Å². The van der Waals surface area contributed by atoms with Crippen LogP contribution in [-0.2, 0) is 0 Å². The first-order valence-corrected chi connectivity index (χ1v) is 9.22. The van der Waals surface area contributed by atoms with Crippen LogP contribution in [0.2, 0.25) is 0 Å². The first-order chi connectivity index (χ1) is 13.2. The lowest BCUT2D eigenvalue weighted by molar-refractivity contribution is 0.0595. The van der Waals surface area contributed by atoms with E-state index >= 15 is 0 Å². The Labute approximate surface area is 157 Å². The molecule has 2 fully saturated rings. The maximum Gasteiger partial charge on any atom is 0.321 e. The Bertz CT molecular complexity index is 819. The van der Waals surface area contributed by atoms with E-state index in [-0.39, 0.29) is 18.0 Å². The molecule has 0 radical (unpaired) electrons. The summed E-state index contributed by atoms with van der Waals surface area (Å²) < 4.78 is 5.96. The zero-order chi connectivity index (χ0) is 18.6. The third-order valence-corrected chi connectivity index (χ3v) is 4.94. The van der Waals surface area contributed by atoms with Gasteiger partial charge in [-0.15, -0.1) is 0 Å². The summed E-state index contributed by atoms with van der Waals surface area (Å²) in [7, 11) is 0. The van der Waals surface area contributed by atoms with E-state index in [0.717, 1.165) is 24.3 Å². The normalized spacial score (nSPS) is 17.7. The van der Waals surface area contributed by atoms with E-state index in [9.17, 15) is 9.59 Å². The molecule has 7 heteroatoms. The molecule has 0 unspecified atom stereocenters. The van der Waals surface area contributed by atoms with Crippen molar-refractivity contribution < 1.29 is 14.3 Å². The zero-order valence-corrected chi connectivity index (χ0v) is 15.0. The minimum Gasteiger partial charge on any atom is -0.490 e. The highest BCUT2D eigenvalue weighted by molar-refractivity contribution is 5.98. The van der Waals surface area contributed by atoms with Gasteiger partial charge in [0.25, 0.3) is 5.91 Å². The molecule has 140 valence electrons. The Kier molecular flexibility index (Phi) is 4.91. The average Bonchev–Trinajstić information content (AvgIpc) is 3.15. The van der Waals surface area contributed by atoms with Gasteiger partial charge in [-0.3, -0.25) is 14.7 Å². The SMILES string of the molecule is O=C(c1cccc(N2CCNC2=O)c1)N1CCC(Oc2ccncc2)CC1. The number of nitrogens with zero attached hydrogens (tertiary/aromatic N) is 3. The lowest BCUT2D eigenvalue weighted by atomic mass is 10.1. The maximum atomic E-state index is 12.9. The number of carbonyl (C=O) groups is 2. The van der Waals surface area contributed by atoms with Crippen molar-refractivity contribution in [1.29, 1.82) is 0 Å². The van der Waals surface area contributed by atoms with Gasteiger partial charge in [0.15, 0.2) is 0 Å². The minimum atomic E-state index is -0.117. The van der Waals surface area contributed by atoms with Crippen molar-refractivity contribution in [1.82, 2.24) is 15.2 Å². The number of hydrogen-bond donors (Lipinski definition) is 1. The van der Waals surface area contributed by atoms with Crippen LogP contribution < -0.4 is 15.0 Å². The van der Waals surface area contributed by atoms with Crippen molar-refractivity contribution in [2.75, 3.05) is 31.1 Å². The van der Waals surface area contributed by atoms with Crippen molar-refractivity contribution in [2.45, 2.75) is 18.9 Å². The van der Waals surface area contributed by atoms with Gasteiger partial charge in [0, 0.05) is 62.7 Å². The van der Waals surface area contributed by atoms with Crippen LogP contribution in [0.15, 0.2) is 48.8 Å². The highest BCUT2D eigenvalue weighted by atomic mass is 16.5. The second-order valence-corrected chi connectivity index (χ2v) is 6.73. The fourth-order valence-corrected chi connectivity index (χ4v) is 3.49. The number of carbonyl (C=O) groups excluding carboxylic acids is 2. The Morgan fingerprint density at radius 3 is 2.59 bits per heavy atom. The molecule has 3 heterocycles. The van der Waals surface area contributed by atoms with Crippen LogP contribution in [0.5, 0.6) is 5.75 Å². The Morgan fingerprint density at radius 1 is 1.11 bits per heavy atom. The van der Waals surface area contributed by atoms with E-state index in [0.29, 0.717) is 31.7 Å². The number of urea groups is 1. The van der Waals surface area contributed by atoms with E-state index in [1.165, 1.54) is 0 Å². The molecule has 1 aromatic carbocycles. The molecule has 0 spiro atoms. The lowest BCUT2D eigenvalue weighted by Gasteiger charge is -2.32. The number of rotatable bonds is 4. The molecule has 2 aliphatic rings. The number of amides is 3. The number of benzene rings is 1. The van der Waals surface area contributed by atoms with E-state index < -0.39 is 0 Å². The number of likely N-dealkylation sites (tertiary alicyclic amines) is 1. The molecule has 4 rings (SSSR count). The molecule has 27 heavy (non-hydrogen) atoms. The molecule has 0 atom stereocenters. The summed E-state index contributed by atoms with van der Waals surface area (Å²) in [5.74, 6) is 0.810. The van der Waals surface area contributed by atoms with Gasteiger partial charge in [0.1, 0.15) is 11.9 Å². The molecule has 7 nitrogen and oxygen atoms in total. The van der Waals surface area contributed by atoms with Crippen LogP contribution in [0.4, 0.5) is 10.5 Å². The molecule has 3 amide bonds. The van der Waals surface area contributed by atoms with Crippen LogP contribution in [-0.4, -0.2) is 54.1 Å². The van der Waals surface area contributed by atoms with Crippen LogP contribution in [0.25, 0.3) is 0 Å². The molecule has 2 saturated heterocycles. The third kappa shape index (κ3) is 3.86. The number of pyridine rings is 1. The number of aromatic nitrogens is 1. The first-order valence-electron chi connectivity index (χ1n) is 9.22. The topological polar surface area (TPSA) is 74.8 Å². The summed E-state index contributed by atoms with van der Waals surface area (Å²) in [5, 5.41) is 2.78. The summed E-state index contributed by atoms with van der Waals surface area (Å²) in [6, 6.07) is 10.9. The van der Waals surface area contributed by atoms with Gasteiger partial charge in [-0.2, -0.15) is 0 Å². The predicted octanol–water partition coefficient (Wildman–Crippen LogP) is 2.29. The molecule has 1 N–H and O–H groups in total. The van der Waals surface area contributed by atoms with Crippen molar-refractivity contribution in [3.05, 3.63) is 54.4 Å². The van der Waals surface area contributed by atoms with Crippen LogP contribution in [0.3, 0.4) is 0 Å². The van der Waals surface area contributed by atoms with Gasteiger partial charge in [0.05, 0.1) is 0 Å². The van der Waals surface area contributed by atoms with Gasteiger partial charge in [-0.1, -0.05) is 6.07 Å². The second kappa shape index (κ2) is 7.65. The molecule has 0 aliphatic carbocycles. The maximum absolute atomic E-state index is 12.9. The number of nitrogens with one attached hydrogen (secondary N) is 1. The van der Waals surface area contributed by atoms with Crippen molar-refractivity contribution in [3.8, 4) is 5.75 Å². The zero-order valence-electron chi connectivity index (χ0n) is 15.0. The number of ether oxygens (including phenoxy) is 1. The minimum absolute atomic E-state index is 0.00110. The van der Waals surface area contributed by atoms with Gasteiger partial charge >= 0.3 is 6.03 Å². The number of piperidine rings is 1. The van der Waals surface area contributed by atoms with E-state index in [2.05, 4.69) is 10.3 Å². The lowest BCUT2D eigenvalue weighted by Crippen LogP contribution is -2.41. The van der Waals surface area contributed by atoms with Gasteiger partial charge in [-0.05, 0) is 30.3 Å². The fraction of sp³-hybridized carbons (Fsp3) is 0.350. The first kappa shape index (κ1) is 17.3. The van der Waals surface area contributed by atoms with Crippen LogP contribution in [0, 0.1) is 0 Å². The van der Waals surface area contributed by atoms with E-state index in [1.54, 1.807) is 29.4 Å². The summed E-state index contributed by atoms with van der Waals surface area (Å²) in [6.07, 6.45) is 5.12. The van der Waals surface area contributed by atoms with Crippen LogP contribution in [0.1, 0.15) is 23.2 Å². The van der Waals surface area contributed by atoms with Gasteiger partial charge < -0.3 is 15.0 Å². The molecular formula is C20H22N4O3. The number of anilines is 1. The third-order valence-electron chi connectivity index (χ3n) is 4.94. The Morgan fingerprint density at radius 2 is 1.89 bits per heavy atom. The van der Waals surface area contributed by atoms with Gasteiger partial charge in [0.2, 0.25) is 0 Å². The standard InChI is InChI=1S/C20H22N4O3/c25-19(15-2-1-3-16(14-15)24-13-10-22-20(24)26)23-11-6-18(7-12-23)27-17-4-8-21-9-5-17/h1-5,8-9,14,18H,6-7,10-13H2,(H,22,26). The fourth-order valence-electron chi connectivity index (χ4n) is 3.49. The predicted molar refractivity (Wildman–Crippen MR) is 101 cm³/mol. The highest BCUT2D eigenvalue weighted by Gasteiger charge is 2.26. The average molecular weight is 366 g/mol. The Hall–Kier alpha value is -3.09. The summed E-state index contributed by atoms with van der Waals surface area (Å²) >= 11 is 0. The number of hydrogen-bond acceptors (Lipinski definition) is 4.